The molecule has 23 heavy (non-hydrogen) atoms. The van der Waals surface area contributed by atoms with Crippen LogP contribution in [-0.4, -0.2) is 11.6 Å². The molecule has 1 fully saturated rings. The first-order valence-electron chi connectivity index (χ1n) is 8.01. The number of hydrazone groups is 1. The molecule has 1 aliphatic carbocycles. The van der Waals surface area contributed by atoms with Crippen LogP contribution in [0.2, 0.25) is 0 Å². The van der Waals surface area contributed by atoms with Gasteiger partial charge in [0.2, 0.25) is 0 Å². The summed E-state index contributed by atoms with van der Waals surface area (Å²) in [5, 5.41) is 4.43. The summed E-state index contributed by atoms with van der Waals surface area (Å²) >= 11 is 0. The van der Waals surface area contributed by atoms with E-state index < -0.39 is 0 Å². The van der Waals surface area contributed by atoms with Gasteiger partial charge in [-0.3, -0.25) is 4.79 Å². The summed E-state index contributed by atoms with van der Waals surface area (Å²) in [5.74, 6) is 0.103. The number of carbonyl (C=O) groups is 1. The molecule has 0 aromatic heterocycles. The highest BCUT2D eigenvalue weighted by atomic mass is 16.2. The normalized spacial score (nSPS) is 19.5. The predicted molar refractivity (Wildman–Crippen MR) is 93.4 cm³/mol. The molecule has 0 unspecified atom stereocenters. The molecule has 0 aliphatic heterocycles. The quantitative estimate of drug-likeness (QED) is 0.670. The van der Waals surface area contributed by atoms with Crippen molar-refractivity contribution in [3.05, 3.63) is 65.7 Å². The molecule has 1 atom stereocenters. The summed E-state index contributed by atoms with van der Waals surface area (Å²) in [4.78, 5) is 12.2. The van der Waals surface area contributed by atoms with Gasteiger partial charge in [0.25, 0.3) is 5.91 Å². The Labute approximate surface area is 136 Å². The van der Waals surface area contributed by atoms with Gasteiger partial charge in [0.05, 0.1) is 0 Å². The van der Waals surface area contributed by atoms with Gasteiger partial charge in [-0.05, 0) is 49.1 Å². The van der Waals surface area contributed by atoms with Crippen molar-refractivity contribution in [1.29, 1.82) is 0 Å². The van der Waals surface area contributed by atoms with Crippen LogP contribution in [0.3, 0.4) is 0 Å². The molecule has 4 nitrogen and oxygen atoms in total. The van der Waals surface area contributed by atoms with E-state index in [9.17, 15) is 4.79 Å². The van der Waals surface area contributed by atoms with E-state index in [0.717, 1.165) is 25.0 Å². The van der Waals surface area contributed by atoms with Crippen LogP contribution in [0.1, 0.15) is 47.5 Å². The van der Waals surface area contributed by atoms with E-state index in [0.29, 0.717) is 17.2 Å². The van der Waals surface area contributed by atoms with Crippen LogP contribution in [0.4, 0.5) is 5.69 Å². The van der Waals surface area contributed by atoms with E-state index in [4.69, 9.17) is 5.73 Å². The Morgan fingerprint density at radius 2 is 1.78 bits per heavy atom. The van der Waals surface area contributed by atoms with Crippen LogP contribution in [0, 0.1) is 0 Å². The molecule has 0 spiro atoms. The lowest BCUT2D eigenvalue weighted by Gasteiger charge is -2.24. The molecule has 4 heteroatoms. The molecular weight excluding hydrogens is 286 g/mol. The average Bonchev–Trinajstić information content (AvgIpc) is 2.61. The molecule has 0 heterocycles. The van der Waals surface area contributed by atoms with Crippen LogP contribution in [0.25, 0.3) is 0 Å². The molecule has 1 aliphatic rings. The maximum atomic E-state index is 12.2. The Hall–Kier alpha value is -2.62. The maximum Gasteiger partial charge on any atom is 0.271 e. The topological polar surface area (TPSA) is 67.5 Å². The summed E-state index contributed by atoms with van der Waals surface area (Å²) in [5.41, 5.74) is 11.9. The molecule has 3 rings (SSSR count). The molecule has 0 bridgehead atoms. The minimum atomic E-state index is -0.199. The second-order valence-corrected chi connectivity index (χ2v) is 5.88. The fraction of sp³-hybridized carbons (Fsp3) is 0.263. The van der Waals surface area contributed by atoms with Crippen molar-refractivity contribution in [3.8, 4) is 0 Å². The fourth-order valence-electron chi connectivity index (χ4n) is 3.00. The van der Waals surface area contributed by atoms with E-state index >= 15 is 0 Å². The SMILES string of the molecule is Nc1ccc(C(=O)N/N=C2/CCCC[C@@H]2c2ccccc2)cc1. The zero-order valence-corrected chi connectivity index (χ0v) is 13.0. The molecule has 0 radical (unpaired) electrons. The van der Waals surface area contributed by atoms with Crippen molar-refractivity contribution in [2.45, 2.75) is 31.6 Å². The van der Waals surface area contributed by atoms with Gasteiger partial charge in [0.1, 0.15) is 0 Å². The van der Waals surface area contributed by atoms with Crippen molar-refractivity contribution in [1.82, 2.24) is 5.43 Å². The van der Waals surface area contributed by atoms with Gasteiger partial charge in [-0.1, -0.05) is 36.8 Å². The highest BCUT2D eigenvalue weighted by molar-refractivity contribution is 5.97. The number of nitrogens with one attached hydrogen (secondary N) is 1. The number of carbonyl (C=O) groups excluding carboxylic acids is 1. The standard InChI is InChI=1S/C19H21N3O/c20-16-12-10-15(11-13-16)19(23)22-21-18-9-5-4-8-17(18)14-6-2-1-3-7-14/h1-3,6-7,10-13,17H,4-5,8-9,20H2,(H,22,23)/b21-18-/t17-/m1/s1. The van der Waals surface area contributed by atoms with Crippen LogP contribution in [0.5, 0.6) is 0 Å². The van der Waals surface area contributed by atoms with Crippen LogP contribution in [0.15, 0.2) is 59.7 Å². The second-order valence-electron chi connectivity index (χ2n) is 5.88. The number of hydrogen-bond donors (Lipinski definition) is 2. The van der Waals surface area contributed by atoms with E-state index in [1.807, 2.05) is 6.07 Å². The maximum absolute atomic E-state index is 12.2. The van der Waals surface area contributed by atoms with Gasteiger partial charge in [0.15, 0.2) is 0 Å². The summed E-state index contributed by atoms with van der Waals surface area (Å²) in [6.07, 6.45) is 4.34. The van der Waals surface area contributed by atoms with E-state index in [1.54, 1.807) is 24.3 Å². The molecule has 1 saturated carbocycles. The van der Waals surface area contributed by atoms with E-state index in [2.05, 4.69) is 34.8 Å². The molecule has 2 aromatic carbocycles. The first-order valence-corrected chi connectivity index (χ1v) is 8.01. The number of anilines is 1. The fourth-order valence-corrected chi connectivity index (χ4v) is 3.00. The first kappa shape index (κ1) is 15.3. The smallest absolute Gasteiger partial charge is 0.271 e. The van der Waals surface area contributed by atoms with Gasteiger partial charge in [-0.25, -0.2) is 5.43 Å². The molecule has 2 aromatic rings. The highest BCUT2D eigenvalue weighted by Crippen LogP contribution is 2.30. The Kier molecular flexibility index (Phi) is 4.71. The number of hydrogen-bond acceptors (Lipinski definition) is 3. The van der Waals surface area contributed by atoms with Crippen LogP contribution >= 0.6 is 0 Å². The number of nitrogens with zero attached hydrogens (tertiary/aromatic N) is 1. The van der Waals surface area contributed by atoms with Crippen molar-refractivity contribution in [2.24, 2.45) is 5.10 Å². The molecule has 1 amide bonds. The van der Waals surface area contributed by atoms with Crippen molar-refractivity contribution >= 4 is 17.3 Å². The van der Waals surface area contributed by atoms with Gasteiger partial charge in [-0.15, -0.1) is 0 Å². The van der Waals surface area contributed by atoms with E-state index in [1.165, 1.54) is 12.0 Å². The Morgan fingerprint density at radius 1 is 1.04 bits per heavy atom. The summed E-state index contributed by atoms with van der Waals surface area (Å²) < 4.78 is 0. The van der Waals surface area contributed by atoms with Crippen molar-refractivity contribution in [3.63, 3.8) is 0 Å². The monoisotopic (exact) mass is 307 g/mol. The number of nitrogen functional groups attached to an aromatic ring is 1. The average molecular weight is 307 g/mol. The first-order chi connectivity index (χ1) is 11.2. The Balaban J connectivity index is 1.74. The van der Waals surface area contributed by atoms with Gasteiger partial charge >= 0.3 is 0 Å². The molecular formula is C19H21N3O. The predicted octanol–water partition coefficient (Wildman–Crippen LogP) is 3.71. The number of benzene rings is 2. The van der Waals surface area contributed by atoms with Gasteiger partial charge in [0, 0.05) is 22.9 Å². The highest BCUT2D eigenvalue weighted by Gasteiger charge is 2.22. The number of rotatable bonds is 3. The summed E-state index contributed by atoms with van der Waals surface area (Å²) in [6, 6.07) is 17.2. The molecule has 118 valence electrons. The Bertz CT molecular complexity index is 692. The second kappa shape index (κ2) is 7.09. The molecule has 0 saturated heterocycles. The third kappa shape index (κ3) is 3.77. The van der Waals surface area contributed by atoms with Gasteiger partial charge in [-0.2, -0.15) is 5.10 Å². The minimum absolute atomic E-state index is 0.199. The number of nitrogens with two attached hydrogens (primary N) is 1. The minimum Gasteiger partial charge on any atom is -0.399 e. The number of amides is 1. The van der Waals surface area contributed by atoms with Crippen LogP contribution in [-0.2, 0) is 0 Å². The lowest BCUT2D eigenvalue weighted by atomic mass is 9.82. The van der Waals surface area contributed by atoms with E-state index in [-0.39, 0.29) is 5.91 Å². The largest absolute Gasteiger partial charge is 0.399 e. The zero-order valence-electron chi connectivity index (χ0n) is 13.0. The summed E-state index contributed by atoms with van der Waals surface area (Å²) in [7, 11) is 0. The lowest BCUT2D eigenvalue weighted by molar-refractivity contribution is 0.0954. The lowest BCUT2D eigenvalue weighted by Crippen LogP contribution is -2.24. The summed E-state index contributed by atoms with van der Waals surface area (Å²) in [6.45, 7) is 0. The third-order valence-electron chi connectivity index (χ3n) is 4.25. The molecule has 3 N–H and O–H groups in total. The zero-order chi connectivity index (χ0) is 16.1. The van der Waals surface area contributed by atoms with Crippen molar-refractivity contribution in [2.75, 3.05) is 5.73 Å². The van der Waals surface area contributed by atoms with Crippen molar-refractivity contribution < 1.29 is 4.79 Å². The van der Waals surface area contributed by atoms with Crippen LogP contribution < -0.4 is 11.2 Å². The van der Waals surface area contributed by atoms with Gasteiger partial charge < -0.3 is 5.73 Å². The third-order valence-corrected chi connectivity index (χ3v) is 4.25. The Morgan fingerprint density at radius 3 is 2.52 bits per heavy atom.